The zero-order valence-corrected chi connectivity index (χ0v) is 11.0. The third kappa shape index (κ3) is 4.58. The Morgan fingerprint density at radius 2 is 1.80 bits per heavy atom. The lowest BCUT2D eigenvalue weighted by Crippen LogP contribution is -2.19. The van der Waals surface area contributed by atoms with Crippen LogP contribution < -0.4 is 5.73 Å². The van der Waals surface area contributed by atoms with Gasteiger partial charge in [0.05, 0.1) is 5.92 Å². The fourth-order valence-electron chi connectivity index (χ4n) is 1.23. The van der Waals surface area contributed by atoms with E-state index < -0.39 is 0 Å². The third-order valence-corrected chi connectivity index (χ3v) is 2.53. The molecule has 1 aromatic carbocycles. The van der Waals surface area contributed by atoms with Gasteiger partial charge in [0.25, 0.3) is 0 Å². The van der Waals surface area contributed by atoms with Gasteiger partial charge in [-0.1, -0.05) is 41.9 Å². The molecular weight excluding hydrogens is 254 g/mol. The molecule has 0 aliphatic heterocycles. The van der Waals surface area contributed by atoms with E-state index in [1.165, 1.54) is 0 Å². The van der Waals surface area contributed by atoms with Gasteiger partial charge in [0.15, 0.2) is 0 Å². The first-order valence-electron chi connectivity index (χ1n) is 5.11. The smallest absolute Gasteiger partial charge is 0.138 e. The Balaban J connectivity index is 0.000000921. The summed E-state index contributed by atoms with van der Waals surface area (Å²) in [6, 6.07) is 7.67. The van der Waals surface area contributed by atoms with Crippen LogP contribution in [-0.2, 0) is 4.79 Å². The van der Waals surface area contributed by atoms with Crippen molar-refractivity contribution in [2.75, 3.05) is 6.54 Å². The van der Waals surface area contributed by atoms with Crippen LogP contribution in [0.1, 0.15) is 32.3 Å². The second kappa shape index (κ2) is 7.60. The second-order valence-corrected chi connectivity index (χ2v) is 3.87. The van der Waals surface area contributed by atoms with Crippen LogP contribution in [0.5, 0.6) is 0 Å². The number of rotatable bonds is 3. The monoisotopic (exact) mass is 271 g/mol. The molecule has 3 heteroatoms. The van der Waals surface area contributed by atoms with Crippen LogP contribution in [0.25, 0.3) is 0 Å². The van der Waals surface area contributed by atoms with Crippen LogP contribution >= 0.6 is 15.9 Å². The molecule has 0 saturated heterocycles. The highest BCUT2D eigenvalue weighted by atomic mass is 79.9. The molecular formula is C12H18BrNO. The Morgan fingerprint density at radius 3 is 2.13 bits per heavy atom. The van der Waals surface area contributed by atoms with Crippen molar-refractivity contribution in [2.45, 2.75) is 26.7 Å². The maximum absolute atomic E-state index is 11.2. The lowest BCUT2D eigenvalue weighted by Gasteiger charge is -2.10. The minimum Gasteiger partial charge on any atom is -0.329 e. The van der Waals surface area contributed by atoms with Crippen molar-refractivity contribution in [2.24, 2.45) is 5.73 Å². The Labute approximate surface area is 100.0 Å². The van der Waals surface area contributed by atoms with E-state index >= 15 is 0 Å². The lowest BCUT2D eigenvalue weighted by molar-refractivity contribution is -0.118. The molecule has 0 amide bonds. The minimum absolute atomic E-state index is 0.116. The van der Waals surface area contributed by atoms with Crippen molar-refractivity contribution in [3.8, 4) is 0 Å². The molecule has 1 unspecified atom stereocenters. The van der Waals surface area contributed by atoms with Crippen molar-refractivity contribution >= 4 is 21.7 Å². The number of ketones is 1. The normalized spacial score (nSPS) is 11.3. The summed E-state index contributed by atoms with van der Waals surface area (Å²) in [4.78, 5) is 11.2. The van der Waals surface area contributed by atoms with Gasteiger partial charge in [-0.15, -0.1) is 0 Å². The Kier molecular flexibility index (Phi) is 7.26. The predicted octanol–water partition coefficient (Wildman–Crippen LogP) is 3.11. The number of benzene rings is 1. The number of hydrogen-bond donors (Lipinski definition) is 1. The summed E-state index contributed by atoms with van der Waals surface area (Å²) in [5.41, 5.74) is 6.50. The average molecular weight is 272 g/mol. The summed E-state index contributed by atoms with van der Waals surface area (Å²) in [5, 5.41) is 0. The van der Waals surface area contributed by atoms with Gasteiger partial charge in [-0.2, -0.15) is 0 Å². The molecule has 2 N–H and O–H groups in total. The summed E-state index contributed by atoms with van der Waals surface area (Å²) >= 11 is 3.34. The van der Waals surface area contributed by atoms with Gasteiger partial charge in [-0.25, -0.2) is 0 Å². The van der Waals surface area contributed by atoms with Gasteiger partial charge < -0.3 is 5.73 Å². The first kappa shape index (κ1) is 14.3. The highest BCUT2D eigenvalue weighted by molar-refractivity contribution is 9.10. The number of nitrogens with two attached hydrogens (primary N) is 1. The van der Waals surface area contributed by atoms with Crippen molar-refractivity contribution in [3.63, 3.8) is 0 Å². The van der Waals surface area contributed by atoms with E-state index in [0.29, 0.717) is 6.54 Å². The van der Waals surface area contributed by atoms with Gasteiger partial charge in [0.1, 0.15) is 5.78 Å². The van der Waals surface area contributed by atoms with Gasteiger partial charge in [-0.3, -0.25) is 4.79 Å². The van der Waals surface area contributed by atoms with Crippen molar-refractivity contribution in [1.82, 2.24) is 0 Å². The summed E-state index contributed by atoms with van der Waals surface area (Å²) in [6.45, 7) is 5.94. The first-order chi connectivity index (χ1) is 7.15. The molecule has 0 bridgehead atoms. The zero-order chi connectivity index (χ0) is 11.8. The van der Waals surface area contributed by atoms with E-state index in [0.717, 1.165) is 10.0 Å². The van der Waals surface area contributed by atoms with Crippen molar-refractivity contribution in [1.29, 1.82) is 0 Å². The van der Waals surface area contributed by atoms with Crippen LogP contribution in [0.2, 0.25) is 0 Å². The second-order valence-electron chi connectivity index (χ2n) is 2.95. The average Bonchev–Trinajstić information content (AvgIpc) is 2.24. The van der Waals surface area contributed by atoms with Crippen LogP contribution in [0.15, 0.2) is 28.7 Å². The molecule has 0 aliphatic rings. The largest absolute Gasteiger partial charge is 0.329 e. The van der Waals surface area contributed by atoms with E-state index in [1.807, 2.05) is 38.1 Å². The summed E-state index contributed by atoms with van der Waals surface area (Å²) in [5.74, 6) is -0.0436. The van der Waals surface area contributed by atoms with E-state index in [1.54, 1.807) is 6.92 Å². The highest BCUT2D eigenvalue weighted by Crippen LogP contribution is 2.18. The molecule has 15 heavy (non-hydrogen) atoms. The Bertz CT molecular complexity index is 295. The zero-order valence-electron chi connectivity index (χ0n) is 9.46. The van der Waals surface area contributed by atoms with E-state index in [9.17, 15) is 4.79 Å². The number of carbonyl (C=O) groups is 1. The molecule has 0 radical (unpaired) electrons. The van der Waals surface area contributed by atoms with Gasteiger partial charge in [0.2, 0.25) is 0 Å². The van der Waals surface area contributed by atoms with E-state index in [4.69, 9.17) is 5.73 Å². The topological polar surface area (TPSA) is 43.1 Å². The molecule has 0 spiro atoms. The number of halogens is 1. The quantitative estimate of drug-likeness (QED) is 0.918. The van der Waals surface area contributed by atoms with Crippen LogP contribution in [-0.4, -0.2) is 12.3 Å². The van der Waals surface area contributed by atoms with Crippen molar-refractivity contribution in [3.05, 3.63) is 34.3 Å². The minimum atomic E-state index is -0.159. The molecule has 0 saturated carbocycles. The first-order valence-corrected chi connectivity index (χ1v) is 5.90. The van der Waals surface area contributed by atoms with Crippen LogP contribution in [0.3, 0.4) is 0 Å². The molecule has 0 aromatic heterocycles. The maximum Gasteiger partial charge on any atom is 0.138 e. The molecule has 2 nitrogen and oxygen atoms in total. The van der Waals surface area contributed by atoms with E-state index in [2.05, 4.69) is 15.9 Å². The number of hydrogen-bond acceptors (Lipinski definition) is 2. The van der Waals surface area contributed by atoms with Crippen LogP contribution in [0.4, 0.5) is 0 Å². The third-order valence-electron chi connectivity index (χ3n) is 2.00. The van der Waals surface area contributed by atoms with Gasteiger partial charge >= 0.3 is 0 Å². The van der Waals surface area contributed by atoms with Gasteiger partial charge in [0, 0.05) is 11.0 Å². The number of carbonyl (C=O) groups excluding carboxylic acids is 1. The SMILES string of the molecule is CC.CC(=O)C(CN)c1ccc(Br)cc1. The summed E-state index contributed by atoms with van der Waals surface area (Å²) < 4.78 is 1.01. The molecule has 0 heterocycles. The Hall–Kier alpha value is -0.670. The fraction of sp³-hybridized carbons (Fsp3) is 0.417. The molecule has 0 fully saturated rings. The van der Waals surface area contributed by atoms with Crippen molar-refractivity contribution < 1.29 is 4.79 Å². The molecule has 1 atom stereocenters. The standard InChI is InChI=1S/C10H12BrNO.C2H6/c1-7(13)10(6-12)8-2-4-9(11)5-3-8;1-2/h2-5,10H,6,12H2,1H3;1-2H3. The lowest BCUT2D eigenvalue weighted by atomic mass is 9.96. The Morgan fingerprint density at radius 1 is 1.33 bits per heavy atom. The fourth-order valence-corrected chi connectivity index (χ4v) is 1.50. The molecule has 0 aliphatic carbocycles. The number of Topliss-reactive ketones (excluding diaryl/α,β-unsaturated/α-hetero) is 1. The predicted molar refractivity (Wildman–Crippen MR) is 68.0 cm³/mol. The molecule has 1 rings (SSSR count). The van der Waals surface area contributed by atoms with Gasteiger partial charge in [-0.05, 0) is 24.6 Å². The molecule has 1 aromatic rings. The maximum atomic E-state index is 11.2. The summed E-state index contributed by atoms with van der Waals surface area (Å²) in [6.07, 6.45) is 0. The van der Waals surface area contributed by atoms with Crippen LogP contribution in [0, 0.1) is 0 Å². The summed E-state index contributed by atoms with van der Waals surface area (Å²) in [7, 11) is 0. The van der Waals surface area contributed by atoms with E-state index in [-0.39, 0.29) is 11.7 Å². The molecule has 84 valence electrons. The highest BCUT2D eigenvalue weighted by Gasteiger charge is 2.13.